The molecule has 0 aliphatic carbocycles. The first-order valence-corrected chi connectivity index (χ1v) is 5.76. The van der Waals surface area contributed by atoms with Crippen molar-refractivity contribution >= 4 is 11.4 Å². The molecule has 0 bridgehead atoms. The van der Waals surface area contributed by atoms with Gasteiger partial charge in [0.15, 0.2) is 0 Å². The Balaban J connectivity index is 2.83. The van der Waals surface area contributed by atoms with E-state index in [9.17, 15) is 20.2 Å². The maximum Gasteiger partial charge on any atom is 0.276 e. The fraction of sp³-hybridized carbons (Fsp3) is 0.417. The van der Waals surface area contributed by atoms with Gasteiger partial charge in [0.1, 0.15) is 0 Å². The Morgan fingerprint density at radius 3 is 1.94 bits per heavy atom. The summed E-state index contributed by atoms with van der Waals surface area (Å²) in [5.74, 6) is 0. The second-order valence-electron chi connectivity index (χ2n) is 4.04. The fourth-order valence-electron chi connectivity index (χ4n) is 1.69. The number of rotatable bonds is 7. The molecule has 0 aliphatic rings. The van der Waals surface area contributed by atoms with Crippen LogP contribution in [-0.2, 0) is 6.42 Å². The number of nitrogens with zero attached hydrogens (tertiary/aromatic N) is 2. The van der Waals surface area contributed by atoms with Crippen LogP contribution in [0.15, 0.2) is 18.2 Å². The maximum absolute atomic E-state index is 10.7. The Hall–Kier alpha value is -1.98. The van der Waals surface area contributed by atoms with E-state index >= 15 is 0 Å². The predicted octanol–water partition coefficient (Wildman–Crippen LogP) is 3.44. The zero-order valence-electron chi connectivity index (χ0n) is 10.0. The van der Waals surface area contributed by atoms with Gasteiger partial charge in [-0.05, 0) is 18.4 Å². The topological polar surface area (TPSA) is 86.3 Å². The molecule has 1 rings (SSSR count). The smallest absolute Gasteiger partial charge is 0.258 e. The molecule has 0 N–H and O–H groups in total. The first-order valence-electron chi connectivity index (χ1n) is 5.76. The van der Waals surface area contributed by atoms with Crippen molar-refractivity contribution in [3.8, 4) is 0 Å². The first-order chi connectivity index (χ1) is 8.54. The Morgan fingerprint density at radius 2 is 1.50 bits per heavy atom. The second kappa shape index (κ2) is 6.68. The van der Waals surface area contributed by atoms with Crippen LogP contribution in [0.1, 0.15) is 31.2 Å². The van der Waals surface area contributed by atoms with Gasteiger partial charge >= 0.3 is 0 Å². The van der Waals surface area contributed by atoms with Gasteiger partial charge in [-0.25, -0.2) is 0 Å². The molecule has 1 aromatic carbocycles. The van der Waals surface area contributed by atoms with Crippen molar-refractivity contribution in [2.24, 2.45) is 0 Å². The lowest BCUT2D eigenvalue weighted by Gasteiger charge is -2.02. The predicted molar refractivity (Wildman–Crippen MR) is 67.3 cm³/mol. The van der Waals surface area contributed by atoms with Crippen LogP contribution in [0.4, 0.5) is 11.4 Å². The summed E-state index contributed by atoms with van der Waals surface area (Å²) in [6.07, 6.45) is 4.29. The highest BCUT2D eigenvalue weighted by atomic mass is 16.6. The van der Waals surface area contributed by atoms with Crippen molar-refractivity contribution < 1.29 is 9.85 Å². The van der Waals surface area contributed by atoms with E-state index < -0.39 is 9.85 Å². The minimum Gasteiger partial charge on any atom is -0.258 e. The summed E-state index contributed by atoms with van der Waals surface area (Å²) >= 11 is 0. The van der Waals surface area contributed by atoms with Crippen LogP contribution in [0.25, 0.3) is 0 Å². The van der Waals surface area contributed by atoms with Crippen molar-refractivity contribution in [3.05, 3.63) is 50.9 Å². The average molecular weight is 251 g/mol. The van der Waals surface area contributed by atoms with Crippen LogP contribution in [0, 0.1) is 27.2 Å². The van der Waals surface area contributed by atoms with Gasteiger partial charge in [0.25, 0.3) is 11.4 Å². The van der Waals surface area contributed by atoms with E-state index in [1.807, 2.05) is 0 Å². The second-order valence-corrected chi connectivity index (χ2v) is 4.04. The molecule has 0 saturated carbocycles. The van der Waals surface area contributed by atoms with E-state index in [0.29, 0.717) is 12.0 Å². The molecule has 0 unspecified atom stereocenters. The molecule has 6 heteroatoms. The number of hydrogen-bond donors (Lipinski definition) is 0. The van der Waals surface area contributed by atoms with E-state index in [1.54, 1.807) is 0 Å². The van der Waals surface area contributed by atoms with E-state index in [-0.39, 0.29) is 11.4 Å². The van der Waals surface area contributed by atoms with Gasteiger partial charge in [-0.15, -0.1) is 0 Å². The molecular formula is C12H15N2O4. The highest BCUT2D eigenvalue weighted by Gasteiger charge is 2.15. The van der Waals surface area contributed by atoms with Crippen LogP contribution in [0.3, 0.4) is 0 Å². The van der Waals surface area contributed by atoms with E-state index in [4.69, 9.17) is 0 Å². The molecule has 0 spiro atoms. The largest absolute Gasteiger partial charge is 0.276 e. The van der Waals surface area contributed by atoms with Crippen molar-refractivity contribution in [1.82, 2.24) is 0 Å². The number of benzene rings is 1. The molecule has 97 valence electrons. The molecule has 6 nitrogen and oxygen atoms in total. The average Bonchev–Trinajstić information content (AvgIpc) is 2.34. The normalized spacial score (nSPS) is 10.3. The Bertz CT molecular complexity index is 413. The van der Waals surface area contributed by atoms with Gasteiger partial charge in [-0.1, -0.05) is 26.2 Å². The highest BCUT2D eigenvalue weighted by molar-refractivity contribution is 5.46. The molecule has 1 radical (unpaired) electrons. The third-order valence-electron chi connectivity index (χ3n) is 2.60. The molecule has 0 aromatic heterocycles. The molecule has 0 heterocycles. The number of nitro groups is 2. The first kappa shape index (κ1) is 14.1. The zero-order chi connectivity index (χ0) is 13.5. The summed E-state index contributed by atoms with van der Waals surface area (Å²) in [5.41, 5.74) is 0.188. The Kier molecular flexibility index (Phi) is 5.23. The number of unbranched alkanes of at least 4 members (excludes halogenated alkanes) is 3. The van der Waals surface area contributed by atoms with E-state index in [1.165, 1.54) is 12.1 Å². The van der Waals surface area contributed by atoms with Crippen molar-refractivity contribution in [1.29, 1.82) is 0 Å². The van der Waals surface area contributed by atoms with Crippen LogP contribution in [0.5, 0.6) is 0 Å². The number of aryl methyl sites for hydroxylation is 1. The van der Waals surface area contributed by atoms with Crippen LogP contribution in [-0.4, -0.2) is 9.85 Å². The summed E-state index contributed by atoms with van der Waals surface area (Å²) in [5, 5.41) is 21.4. The zero-order valence-corrected chi connectivity index (χ0v) is 10.0. The standard InChI is InChI=1S/C12H15N2O4/c1-2-3-4-5-6-10-7-11(13(15)16)9-12(8-10)14(17)18/h7-9H,1-6H2. The Morgan fingerprint density at radius 1 is 0.944 bits per heavy atom. The van der Waals surface area contributed by atoms with Gasteiger partial charge in [0, 0.05) is 12.1 Å². The number of nitro benzene ring substituents is 2. The summed E-state index contributed by atoms with van der Waals surface area (Å²) in [7, 11) is 0. The van der Waals surface area contributed by atoms with Crippen LogP contribution >= 0.6 is 0 Å². The number of hydrogen-bond acceptors (Lipinski definition) is 4. The SMILES string of the molecule is [CH2]CCCCCc1cc([N+](=O)[O-])cc([N+](=O)[O-])c1. The third-order valence-corrected chi connectivity index (χ3v) is 2.60. The summed E-state index contributed by atoms with van der Waals surface area (Å²) in [4.78, 5) is 20.1. The number of non-ortho nitro benzene ring substituents is 2. The lowest BCUT2D eigenvalue weighted by atomic mass is 10.0. The summed E-state index contributed by atoms with van der Waals surface area (Å²) < 4.78 is 0. The molecule has 0 amide bonds. The summed E-state index contributed by atoms with van der Waals surface area (Å²) in [6, 6.07) is 3.79. The molecular weight excluding hydrogens is 236 g/mol. The minimum atomic E-state index is -0.605. The molecule has 0 saturated heterocycles. The lowest BCUT2D eigenvalue weighted by molar-refractivity contribution is -0.394. The van der Waals surface area contributed by atoms with Gasteiger partial charge in [-0.2, -0.15) is 0 Å². The monoisotopic (exact) mass is 251 g/mol. The van der Waals surface area contributed by atoms with Crippen molar-refractivity contribution in [2.45, 2.75) is 32.1 Å². The van der Waals surface area contributed by atoms with Crippen LogP contribution < -0.4 is 0 Å². The maximum atomic E-state index is 10.7. The van der Waals surface area contributed by atoms with Crippen LogP contribution in [0.2, 0.25) is 0 Å². The van der Waals surface area contributed by atoms with E-state index in [0.717, 1.165) is 31.7 Å². The van der Waals surface area contributed by atoms with Gasteiger partial charge in [-0.3, -0.25) is 20.2 Å². The van der Waals surface area contributed by atoms with Crippen molar-refractivity contribution in [3.63, 3.8) is 0 Å². The van der Waals surface area contributed by atoms with Crippen molar-refractivity contribution in [2.75, 3.05) is 0 Å². The molecule has 0 aliphatic heterocycles. The highest BCUT2D eigenvalue weighted by Crippen LogP contribution is 2.23. The quantitative estimate of drug-likeness (QED) is 0.422. The van der Waals surface area contributed by atoms with E-state index in [2.05, 4.69) is 6.92 Å². The van der Waals surface area contributed by atoms with Gasteiger partial charge < -0.3 is 0 Å². The Labute approximate surface area is 105 Å². The lowest BCUT2D eigenvalue weighted by Crippen LogP contribution is -1.96. The summed E-state index contributed by atoms with van der Waals surface area (Å²) in [6.45, 7) is 3.73. The third kappa shape index (κ3) is 4.12. The molecule has 18 heavy (non-hydrogen) atoms. The fourth-order valence-corrected chi connectivity index (χ4v) is 1.69. The molecule has 1 aromatic rings. The van der Waals surface area contributed by atoms with Gasteiger partial charge in [0.2, 0.25) is 0 Å². The van der Waals surface area contributed by atoms with Gasteiger partial charge in [0.05, 0.1) is 15.9 Å². The molecule has 0 atom stereocenters. The minimum absolute atomic E-state index is 0.226. The molecule has 0 fully saturated rings.